The fourth-order valence-electron chi connectivity index (χ4n) is 5.89. The summed E-state index contributed by atoms with van der Waals surface area (Å²) in [7, 11) is 0. The molecule has 0 bridgehead atoms. The maximum Gasteiger partial charge on any atom is 0.317 e. The van der Waals surface area contributed by atoms with E-state index in [2.05, 4.69) is 5.32 Å². The van der Waals surface area contributed by atoms with Gasteiger partial charge in [-0.1, -0.05) is 73.5 Å². The molecule has 2 fully saturated rings. The molecule has 2 aliphatic rings. The molecule has 2 N–H and O–H groups in total. The first-order valence-corrected chi connectivity index (χ1v) is 12.5. The van der Waals surface area contributed by atoms with Crippen molar-refractivity contribution in [2.24, 2.45) is 5.41 Å². The lowest BCUT2D eigenvalue weighted by Gasteiger charge is -2.52. The Kier molecular flexibility index (Phi) is 6.48. The average molecular weight is 472 g/mol. The number of carbonyl (C=O) groups is 1. The number of benzene rings is 2. The highest BCUT2D eigenvalue weighted by Gasteiger charge is 2.55. The lowest BCUT2D eigenvalue weighted by Crippen LogP contribution is -2.63. The lowest BCUT2D eigenvalue weighted by molar-refractivity contribution is -0.134. The summed E-state index contributed by atoms with van der Waals surface area (Å²) in [5.74, 6) is 0. The molecule has 3 aromatic rings. The van der Waals surface area contributed by atoms with Crippen molar-refractivity contribution < 1.29 is 9.90 Å². The second-order valence-electron chi connectivity index (χ2n) is 10.1. The van der Waals surface area contributed by atoms with Crippen LogP contribution in [0.4, 0.5) is 4.79 Å². The number of carbonyl (C=O) groups excluding carboxylic acids is 1. The molecule has 1 unspecified atom stereocenters. The molecule has 182 valence electrons. The van der Waals surface area contributed by atoms with E-state index in [1.165, 1.54) is 0 Å². The van der Waals surface area contributed by atoms with Gasteiger partial charge in [-0.2, -0.15) is 0 Å². The topological polar surface area (TPSA) is 74.6 Å². The van der Waals surface area contributed by atoms with Gasteiger partial charge in [0.15, 0.2) is 0 Å². The number of piperidine rings is 1. The smallest absolute Gasteiger partial charge is 0.317 e. The van der Waals surface area contributed by atoms with Crippen molar-refractivity contribution in [1.82, 2.24) is 14.8 Å². The Morgan fingerprint density at radius 3 is 2.29 bits per heavy atom. The van der Waals surface area contributed by atoms with Gasteiger partial charge in [0, 0.05) is 37.3 Å². The lowest BCUT2D eigenvalue weighted by atomic mass is 9.66. The predicted molar refractivity (Wildman–Crippen MR) is 137 cm³/mol. The number of pyridine rings is 1. The van der Waals surface area contributed by atoms with Crippen molar-refractivity contribution in [3.05, 3.63) is 94.9 Å². The molecular weight excluding hydrogens is 438 g/mol. The first-order chi connectivity index (χ1) is 17.0. The fraction of sp³-hybridized carbons (Fsp3) is 0.379. The van der Waals surface area contributed by atoms with E-state index in [0.29, 0.717) is 26.1 Å². The molecule has 2 aromatic carbocycles. The van der Waals surface area contributed by atoms with Gasteiger partial charge in [0.25, 0.3) is 5.56 Å². The third kappa shape index (κ3) is 4.76. The summed E-state index contributed by atoms with van der Waals surface area (Å²) in [6, 6.07) is 23.2. The van der Waals surface area contributed by atoms with Gasteiger partial charge >= 0.3 is 6.03 Å². The van der Waals surface area contributed by atoms with E-state index >= 15 is 0 Å². The molecule has 1 atom stereocenters. The number of hydrogen-bond acceptors (Lipinski definition) is 3. The molecule has 1 spiro atoms. The first kappa shape index (κ1) is 23.4. The van der Waals surface area contributed by atoms with E-state index in [1.54, 1.807) is 16.8 Å². The van der Waals surface area contributed by atoms with Gasteiger partial charge in [-0.25, -0.2) is 4.79 Å². The van der Waals surface area contributed by atoms with Gasteiger partial charge in [0.1, 0.15) is 0 Å². The van der Waals surface area contributed by atoms with Crippen LogP contribution >= 0.6 is 0 Å². The fourth-order valence-corrected chi connectivity index (χ4v) is 5.89. The monoisotopic (exact) mass is 471 g/mol. The molecule has 5 rings (SSSR count). The van der Waals surface area contributed by atoms with Crippen LogP contribution in [-0.2, 0) is 13.1 Å². The largest absolute Gasteiger partial charge is 0.387 e. The van der Waals surface area contributed by atoms with Crippen molar-refractivity contribution >= 4 is 6.03 Å². The average Bonchev–Trinajstić information content (AvgIpc) is 3.37. The molecule has 1 saturated heterocycles. The molecule has 0 radical (unpaired) electrons. The second-order valence-corrected chi connectivity index (χ2v) is 10.1. The zero-order valence-electron chi connectivity index (χ0n) is 20.0. The van der Waals surface area contributed by atoms with E-state index in [0.717, 1.165) is 42.4 Å². The molecule has 6 heteroatoms. The van der Waals surface area contributed by atoms with Gasteiger partial charge in [-0.3, -0.25) is 4.79 Å². The first-order valence-electron chi connectivity index (χ1n) is 12.5. The highest BCUT2D eigenvalue weighted by Crippen LogP contribution is 2.51. The normalized spacial score (nSPS) is 21.2. The number of amides is 2. The third-order valence-electron chi connectivity index (χ3n) is 7.95. The van der Waals surface area contributed by atoms with Gasteiger partial charge < -0.3 is 19.9 Å². The minimum Gasteiger partial charge on any atom is -0.387 e. The summed E-state index contributed by atoms with van der Waals surface area (Å²) < 4.78 is 1.64. The summed E-state index contributed by atoms with van der Waals surface area (Å²) >= 11 is 0. The van der Waals surface area contributed by atoms with E-state index in [9.17, 15) is 14.7 Å². The van der Waals surface area contributed by atoms with E-state index < -0.39 is 11.0 Å². The summed E-state index contributed by atoms with van der Waals surface area (Å²) in [6.07, 6.45) is 6.04. The highest BCUT2D eigenvalue weighted by molar-refractivity contribution is 5.74. The van der Waals surface area contributed by atoms with Crippen LogP contribution in [0.2, 0.25) is 0 Å². The Morgan fingerprint density at radius 2 is 1.60 bits per heavy atom. The summed E-state index contributed by atoms with van der Waals surface area (Å²) in [4.78, 5) is 27.8. The molecule has 1 aromatic heterocycles. The molecule has 2 heterocycles. The maximum absolute atomic E-state index is 13.0. The Hall–Kier alpha value is -3.38. The number of rotatable bonds is 5. The van der Waals surface area contributed by atoms with Crippen LogP contribution in [0, 0.1) is 5.41 Å². The van der Waals surface area contributed by atoms with E-state index in [1.807, 2.05) is 71.6 Å². The summed E-state index contributed by atoms with van der Waals surface area (Å²) in [5.41, 5.74) is 1.39. The van der Waals surface area contributed by atoms with Gasteiger partial charge in [0.2, 0.25) is 0 Å². The Balaban J connectivity index is 1.31. The molecule has 35 heavy (non-hydrogen) atoms. The molecule has 2 amide bonds. The van der Waals surface area contributed by atoms with E-state index in [-0.39, 0.29) is 18.1 Å². The number of nitrogens with one attached hydrogen (secondary N) is 1. The number of aliphatic hydroxyl groups is 1. The number of urea groups is 1. The van der Waals surface area contributed by atoms with Crippen LogP contribution < -0.4 is 10.9 Å². The number of likely N-dealkylation sites (tertiary alicyclic amines) is 1. The van der Waals surface area contributed by atoms with Crippen molar-refractivity contribution in [3.8, 4) is 11.1 Å². The van der Waals surface area contributed by atoms with Gasteiger partial charge in [-0.05, 0) is 42.0 Å². The van der Waals surface area contributed by atoms with Gasteiger partial charge in [0.05, 0.1) is 12.1 Å². The SMILES string of the molecule is O=C(NCc1ccccc1)N1CCC(O)(Cn2ccc(-c3ccccc3)cc2=O)C2(CCCC2)C1. The number of hydrogen-bond donors (Lipinski definition) is 2. The zero-order chi connectivity index (χ0) is 24.3. The van der Waals surface area contributed by atoms with Crippen LogP contribution in [-0.4, -0.2) is 39.3 Å². The quantitative estimate of drug-likeness (QED) is 0.578. The zero-order valence-corrected chi connectivity index (χ0v) is 20.0. The summed E-state index contributed by atoms with van der Waals surface area (Å²) in [6.45, 7) is 1.72. The maximum atomic E-state index is 13.0. The number of aromatic nitrogens is 1. The molecule has 6 nitrogen and oxygen atoms in total. The Labute approximate surface area is 206 Å². The minimum absolute atomic E-state index is 0.0911. The van der Waals surface area contributed by atoms with Crippen molar-refractivity contribution in [2.45, 2.75) is 50.8 Å². The predicted octanol–water partition coefficient (Wildman–Crippen LogP) is 4.42. The van der Waals surface area contributed by atoms with Crippen molar-refractivity contribution in [3.63, 3.8) is 0 Å². The van der Waals surface area contributed by atoms with Gasteiger partial charge in [-0.15, -0.1) is 0 Å². The standard InChI is InChI=1S/C29H33N3O3/c33-26-19-25(24-11-5-2-6-12-24)13-17-31(26)22-29(35)16-18-32(21-28(29)14-7-8-15-28)27(34)30-20-23-9-3-1-4-10-23/h1-6,9-13,17,19,35H,7-8,14-16,18,20-22H2,(H,30,34). The van der Waals surface area contributed by atoms with Crippen LogP contribution in [0.15, 0.2) is 83.8 Å². The van der Waals surface area contributed by atoms with Crippen LogP contribution in [0.3, 0.4) is 0 Å². The van der Waals surface area contributed by atoms with Crippen LogP contribution in [0.25, 0.3) is 11.1 Å². The molecule has 1 aliphatic carbocycles. The molecular formula is C29H33N3O3. The Bertz CT molecular complexity index is 1220. The highest BCUT2D eigenvalue weighted by atomic mass is 16.3. The third-order valence-corrected chi connectivity index (χ3v) is 7.95. The van der Waals surface area contributed by atoms with Crippen molar-refractivity contribution in [2.75, 3.05) is 13.1 Å². The number of nitrogens with zero attached hydrogens (tertiary/aromatic N) is 2. The van der Waals surface area contributed by atoms with Crippen molar-refractivity contribution in [1.29, 1.82) is 0 Å². The van der Waals surface area contributed by atoms with Crippen LogP contribution in [0.1, 0.15) is 37.7 Å². The minimum atomic E-state index is -1.03. The van der Waals surface area contributed by atoms with Crippen LogP contribution in [0.5, 0.6) is 0 Å². The molecule has 1 aliphatic heterocycles. The van der Waals surface area contributed by atoms with E-state index in [4.69, 9.17) is 0 Å². The Morgan fingerprint density at radius 1 is 0.914 bits per heavy atom. The summed E-state index contributed by atoms with van der Waals surface area (Å²) in [5, 5.41) is 15.0. The second kappa shape index (κ2) is 9.70. The molecule has 1 saturated carbocycles.